The van der Waals surface area contributed by atoms with Crippen LogP contribution in [0.15, 0.2) is 24.3 Å². The highest BCUT2D eigenvalue weighted by Gasteiger charge is 2.21. The number of fused-ring (bicyclic) bond motifs is 1. The molecule has 4 nitrogen and oxygen atoms in total. The van der Waals surface area contributed by atoms with Gasteiger partial charge < -0.3 is 10.2 Å². The molecule has 1 aromatic carbocycles. The number of amides is 1. The van der Waals surface area contributed by atoms with E-state index in [1.54, 1.807) is 11.3 Å². The van der Waals surface area contributed by atoms with Gasteiger partial charge in [-0.15, -0.1) is 36.2 Å². The third kappa shape index (κ3) is 5.31. The van der Waals surface area contributed by atoms with Crippen molar-refractivity contribution in [2.75, 3.05) is 20.1 Å². The zero-order valence-corrected chi connectivity index (χ0v) is 16.3. The summed E-state index contributed by atoms with van der Waals surface area (Å²) in [5.74, 6) is 0.302. The second-order valence-electron chi connectivity index (χ2n) is 5.87. The summed E-state index contributed by atoms with van der Waals surface area (Å²) in [5.41, 5.74) is 1.07. The number of thiazole rings is 1. The first kappa shape index (κ1) is 21.2. The Labute approximate surface area is 159 Å². The molecule has 0 radical (unpaired) electrons. The minimum Gasteiger partial charge on any atom is -0.343 e. The van der Waals surface area contributed by atoms with Crippen LogP contribution in [0.1, 0.15) is 30.7 Å². The van der Waals surface area contributed by atoms with Crippen LogP contribution in [0.25, 0.3) is 10.2 Å². The quantitative estimate of drug-likeness (QED) is 0.847. The number of carbonyl (C=O) groups is 1. The summed E-state index contributed by atoms with van der Waals surface area (Å²) in [5, 5.41) is 4.44. The maximum absolute atomic E-state index is 12.2. The smallest absolute Gasteiger partial charge is 0.222 e. The van der Waals surface area contributed by atoms with Crippen molar-refractivity contribution < 1.29 is 4.79 Å². The highest BCUT2D eigenvalue weighted by atomic mass is 35.5. The molecule has 0 bridgehead atoms. The van der Waals surface area contributed by atoms with E-state index >= 15 is 0 Å². The van der Waals surface area contributed by atoms with Crippen LogP contribution in [0, 0.1) is 0 Å². The van der Waals surface area contributed by atoms with E-state index in [1.165, 1.54) is 4.70 Å². The number of piperidine rings is 1. The number of nitrogens with zero attached hydrogens (tertiary/aromatic N) is 2. The molecule has 0 unspecified atom stereocenters. The van der Waals surface area contributed by atoms with E-state index in [4.69, 9.17) is 0 Å². The lowest BCUT2D eigenvalue weighted by molar-refractivity contribution is -0.132. The number of para-hydroxylation sites is 1. The van der Waals surface area contributed by atoms with Crippen LogP contribution >= 0.6 is 36.2 Å². The van der Waals surface area contributed by atoms with E-state index in [-0.39, 0.29) is 24.8 Å². The summed E-state index contributed by atoms with van der Waals surface area (Å²) < 4.78 is 1.23. The second kappa shape index (κ2) is 10.2. The monoisotopic (exact) mass is 389 g/mol. The third-order valence-electron chi connectivity index (χ3n) is 4.38. The van der Waals surface area contributed by atoms with Gasteiger partial charge in [0.25, 0.3) is 0 Å². The second-order valence-corrected chi connectivity index (χ2v) is 6.99. The molecule has 0 atom stereocenters. The summed E-state index contributed by atoms with van der Waals surface area (Å²) in [4.78, 5) is 18.9. The molecule has 1 aromatic heterocycles. The SMILES string of the molecule is CNC1CCN(C(=O)CCCc2nc3ccccc3s2)CC1.Cl.Cl. The van der Waals surface area contributed by atoms with Crippen LogP contribution < -0.4 is 5.32 Å². The Morgan fingerprint density at radius 1 is 1.29 bits per heavy atom. The van der Waals surface area contributed by atoms with Gasteiger partial charge in [-0.25, -0.2) is 4.98 Å². The molecular formula is C17H25Cl2N3OS. The first-order valence-electron chi connectivity index (χ1n) is 8.06. The topological polar surface area (TPSA) is 45.2 Å². The molecule has 2 aromatic rings. The largest absolute Gasteiger partial charge is 0.343 e. The average Bonchev–Trinajstić information content (AvgIpc) is 2.97. The molecule has 1 fully saturated rings. The molecule has 1 saturated heterocycles. The van der Waals surface area contributed by atoms with Gasteiger partial charge in [-0.1, -0.05) is 12.1 Å². The van der Waals surface area contributed by atoms with Crippen molar-refractivity contribution in [3.63, 3.8) is 0 Å². The van der Waals surface area contributed by atoms with Gasteiger partial charge in [-0.05, 0) is 44.9 Å². The van der Waals surface area contributed by atoms with Crippen molar-refractivity contribution >= 4 is 52.3 Å². The molecular weight excluding hydrogens is 365 g/mol. The molecule has 0 spiro atoms. The van der Waals surface area contributed by atoms with Gasteiger partial charge in [0.1, 0.15) is 0 Å². The molecule has 3 rings (SSSR count). The number of halogens is 2. The van der Waals surface area contributed by atoms with Gasteiger partial charge in [0.15, 0.2) is 0 Å². The Morgan fingerprint density at radius 2 is 2.00 bits per heavy atom. The molecule has 1 N–H and O–H groups in total. The van der Waals surface area contributed by atoms with Gasteiger partial charge in [0.2, 0.25) is 5.91 Å². The summed E-state index contributed by atoms with van der Waals surface area (Å²) in [6.07, 6.45) is 4.57. The number of nitrogens with one attached hydrogen (secondary N) is 1. The van der Waals surface area contributed by atoms with Gasteiger partial charge >= 0.3 is 0 Å². The van der Waals surface area contributed by atoms with Gasteiger partial charge in [-0.3, -0.25) is 4.79 Å². The number of benzene rings is 1. The summed E-state index contributed by atoms with van der Waals surface area (Å²) in [7, 11) is 2.00. The first-order chi connectivity index (χ1) is 10.8. The van der Waals surface area contributed by atoms with Crippen molar-refractivity contribution in [1.82, 2.24) is 15.2 Å². The van der Waals surface area contributed by atoms with Crippen molar-refractivity contribution in [2.45, 2.75) is 38.1 Å². The number of aromatic nitrogens is 1. The minimum atomic E-state index is 0. The standard InChI is InChI=1S/C17H23N3OS.2ClH/c1-18-13-9-11-20(12-10-13)17(21)8-4-7-16-19-14-5-2-3-6-15(14)22-16;;/h2-3,5-6,13,18H,4,7-12H2,1H3;2*1H. The number of likely N-dealkylation sites (tertiary alicyclic amines) is 1. The highest BCUT2D eigenvalue weighted by Crippen LogP contribution is 2.23. The predicted molar refractivity (Wildman–Crippen MR) is 106 cm³/mol. The highest BCUT2D eigenvalue weighted by molar-refractivity contribution is 7.18. The van der Waals surface area contributed by atoms with Gasteiger partial charge in [0.05, 0.1) is 15.2 Å². The fourth-order valence-corrected chi connectivity index (χ4v) is 4.00. The van der Waals surface area contributed by atoms with E-state index in [0.29, 0.717) is 18.4 Å². The Balaban J connectivity index is 0.00000144. The average molecular weight is 390 g/mol. The molecule has 2 heterocycles. The number of carbonyl (C=O) groups excluding carboxylic acids is 1. The van der Waals surface area contributed by atoms with E-state index < -0.39 is 0 Å². The maximum atomic E-state index is 12.2. The zero-order chi connectivity index (χ0) is 15.4. The van der Waals surface area contributed by atoms with Crippen LogP contribution in [-0.2, 0) is 11.2 Å². The fraction of sp³-hybridized carbons (Fsp3) is 0.529. The van der Waals surface area contributed by atoms with Crippen molar-refractivity contribution in [3.05, 3.63) is 29.3 Å². The number of hydrogen-bond donors (Lipinski definition) is 1. The van der Waals surface area contributed by atoms with E-state index in [9.17, 15) is 4.79 Å². The van der Waals surface area contributed by atoms with Crippen LogP contribution in [0.5, 0.6) is 0 Å². The lowest BCUT2D eigenvalue weighted by atomic mass is 10.0. The predicted octanol–water partition coefficient (Wildman–Crippen LogP) is 3.67. The van der Waals surface area contributed by atoms with Crippen molar-refractivity contribution in [1.29, 1.82) is 0 Å². The Morgan fingerprint density at radius 3 is 2.67 bits per heavy atom. The molecule has 134 valence electrons. The van der Waals surface area contributed by atoms with Crippen LogP contribution in [0.4, 0.5) is 0 Å². The summed E-state index contributed by atoms with van der Waals surface area (Å²) in [6, 6.07) is 8.79. The van der Waals surface area contributed by atoms with E-state index in [2.05, 4.69) is 16.4 Å². The van der Waals surface area contributed by atoms with Crippen LogP contribution in [-0.4, -0.2) is 42.0 Å². The molecule has 24 heavy (non-hydrogen) atoms. The Hall–Kier alpha value is -0.880. The van der Waals surface area contributed by atoms with Crippen molar-refractivity contribution in [3.8, 4) is 0 Å². The molecule has 0 aliphatic carbocycles. The van der Waals surface area contributed by atoms with E-state index in [0.717, 1.165) is 49.3 Å². The number of aryl methyl sites for hydroxylation is 1. The van der Waals surface area contributed by atoms with E-state index in [1.807, 2.05) is 30.1 Å². The Bertz CT molecular complexity index is 609. The first-order valence-corrected chi connectivity index (χ1v) is 8.87. The molecule has 7 heteroatoms. The number of rotatable bonds is 5. The van der Waals surface area contributed by atoms with Crippen molar-refractivity contribution in [2.24, 2.45) is 0 Å². The van der Waals surface area contributed by atoms with Crippen LogP contribution in [0.2, 0.25) is 0 Å². The lowest BCUT2D eigenvalue weighted by Gasteiger charge is -2.31. The zero-order valence-electron chi connectivity index (χ0n) is 13.9. The molecule has 0 saturated carbocycles. The molecule has 1 amide bonds. The minimum absolute atomic E-state index is 0. The normalized spacial score (nSPS) is 15.0. The maximum Gasteiger partial charge on any atom is 0.222 e. The lowest BCUT2D eigenvalue weighted by Crippen LogP contribution is -2.43. The molecule has 1 aliphatic rings. The van der Waals surface area contributed by atoms with Crippen LogP contribution in [0.3, 0.4) is 0 Å². The molecule has 1 aliphatic heterocycles. The van der Waals surface area contributed by atoms with Gasteiger partial charge in [0, 0.05) is 25.6 Å². The Kier molecular flexibility index (Phi) is 8.98. The third-order valence-corrected chi connectivity index (χ3v) is 5.47. The fourth-order valence-electron chi connectivity index (χ4n) is 2.99. The summed E-state index contributed by atoms with van der Waals surface area (Å²) >= 11 is 1.74. The van der Waals surface area contributed by atoms with Gasteiger partial charge in [-0.2, -0.15) is 0 Å². The summed E-state index contributed by atoms with van der Waals surface area (Å²) in [6.45, 7) is 1.79. The number of hydrogen-bond acceptors (Lipinski definition) is 4.